The number of aromatic nitrogens is 3. The quantitative estimate of drug-likeness (QED) is 0.412. The third-order valence-corrected chi connectivity index (χ3v) is 6.36. The molecule has 2 aromatic heterocycles. The van der Waals surface area contributed by atoms with Gasteiger partial charge in [0.15, 0.2) is 0 Å². The first-order valence-corrected chi connectivity index (χ1v) is 12.2. The summed E-state index contributed by atoms with van der Waals surface area (Å²) < 4.78 is 9.96. The van der Waals surface area contributed by atoms with Crippen molar-refractivity contribution in [3.8, 4) is 17.3 Å². The molecule has 35 heavy (non-hydrogen) atoms. The number of aryl methyl sites for hydroxylation is 1. The van der Waals surface area contributed by atoms with E-state index in [0.717, 1.165) is 46.2 Å². The fourth-order valence-corrected chi connectivity index (χ4v) is 4.77. The minimum absolute atomic E-state index is 0.0916. The van der Waals surface area contributed by atoms with Crippen LogP contribution in [0.15, 0.2) is 72.9 Å². The number of carbonyl (C=O) groups excluding carboxylic acids is 1. The highest BCUT2D eigenvalue weighted by Gasteiger charge is 2.36. The first kappa shape index (κ1) is 22.8. The molecule has 180 valence electrons. The topological polar surface area (TPSA) is 64.3 Å². The molecule has 0 saturated carbocycles. The molecule has 0 spiro atoms. The molecular weight excluding hydrogens is 438 g/mol. The molecule has 4 aromatic rings. The molecule has 7 heteroatoms. The fourth-order valence-electron chi connectivity index (χ4n) is 4.77. The van der Waals surface area contributed by atoms with E-state index in [0.29, 0.717) is 19.7 Å². The van der Waals surface area contributed by atoms with E-state index in [1.165, 1.54) is 0 Å². The Morgan fingerprint density at radius 2 is 1.91 bits per heavy atom. The van der Waals surface area contributed by atoms with Gasteiger partial charge >= 0.3 is 6.03 Å². The van der Waals surface area contributed by atoms with Crippen LogP contribution >= 0.6 is 0 Å². The van der Waals surface area contributed by atoms with Crippen LogP contribution in [0.3, 0.4) is 0 Å². The van der Waals surface area contributed by atoms with Gasteiger partial charge in [0.25, 0.3) is 0 Å². The van der Waals surface area contributed by atoms with Crippen LogP contribution in [0, 0.1) is 6.92 Å². The van der Waals surface area contributed by atoms with Gasteiger partial charge in [-0.1, -0.05) is 37.3 Å². The number of hydrogen-bond donors (Lipinski definition) is 1. The van der Waals surface area contributed by atoms with Crippen molar-refractivity contribution in [3.63, 3.8) is 0 Å². The van der Waals surface area contributed by atoms with Gasteiger partial charge in [-0.05, 0) is 62.2 Å². The summed E-state index contributed by atoms with van der Waals surface area (Å²) in [6.45, 7) is 7.69. The van der Waals surface area contributed by atoms with Crippen molar-refractivity contribution in [1.29, 1.82) is 0 Å². The number of ether oxygens (including phenoxy) is 1. The molecule has 7 nitrogen and oxygen atoms in total. The molecule has 0 fully saturated rings. The lowest BCUT2D eigenvalue weighted by Crippen LogP contribution is -2.42. The molecule has 1 atom stereocenters. The Morgan fingerprint density at radius 3 is 2.69 bits per heavy atom. The summed E-state index contributed by atoms with van der Waals surface area (Å²) in [6, 6.07) is 21.9. The van der Waals surface area contributed by atoms with Crippen molar-refractivity contribution in [2.24, 2.45) is 0 Å². The summed E-state index contributed by atoms with van der Waals surface area (Å²) in [7, 11) is 0. The molecular formula is C28H31N5O2. The molecule has 1 N–H and O–H groups in total. The number of nitrogens with zero attached hydrogens (tertiary/aromatic N) is 4. The van der Waals surface area contributed by atoms with Gasteiger partial charge in [-0.2, -0.15) is 5.10 Å². The first-order chi connectivity index (χ1) is 17.1. The molecule has 0 radical (unpaired) electrons. The molecule has 2 amide bonds. The molecule has 1 unspecified atom stereocenters. The van der Waals surface area contributed by atoms with E-state index in [1.54, 1.807) is 0 Å². The normalized spacial score (nSPS) is 14.7. The van der Waals surface area contributed by atoms with E-state index < -0.39 is 0 Å². The van der Waals surface area contributed by atoms with Crippen LogP contribution in [-0.4, -0.2) is 38.4 Å². The number of fused-ring (bicyclic) bond motifs is 3. The highest BCUT2D eigenvalue weighted by molar-refractivity contribution is 5.76. The Balaban J connectivity index is 1.71. The predicted molar refractivity (Wildman–Crippen MR) is 136 cm³/mol. The molecule has 0 saturated heterocycles. The number of nitrogens with one attached hydrogen (secondary N) is 1. The SMILES string of the molecule is CCCNC(=O)N1Cc2c(C)nn(-c3ccccc3)c2-n2cccc2C1c1cccc(OCC)c1. The van der Waals surface area contributed by atoms with Crippen molar-refractivity contribution >= 4 is 6.03 Å². The number of hydrogen-bond acceptors (Lipinski definition) is 3. The maximum Gasteiger partial charge on any atom is 0.318 e. The van der Waals surface area contributed by atoms with Gasteiger partial charge in [0, 0.05) is 18.3 Å². The fraction of sp³-hybridized carbons (Fsp3) is 0.286. The van der Waals surface area contributed by atoms with Gasteiger partial charge in [-0.15, -0.1) is 0 Å². The number of amides is 2. The van der Waals surface area contributed by atoms with E-state index in [2.05, 4.69) is 47.3 Å². The maximum absolute atomic E-state index is 13.6. The zero-order valence-electron chi connectivity index (χ0n) is 20.4. The second-order valence-corrected chi connectivity index (χ2v) is 8.71. The van der Waals surface area contributed by atoms with Gasteiger partial charge in [0.2, 0.25) is 0 Å². The van der Waals surface area contributed by atoms with Gasteiger partial charge in [0.1, 0.15) is 11.6 Å². The number of para-hydroxylation sites is 1. The van der Waals surface area contributed by atoms with E-state index in [-0.39, 0.29) is 12.1 Å². The largest absolute Gasteiger partial charge is 0.494 e. The molecule has 0 aliphatic carbocycles. The Morgan fingerprint density at radius 1 is 1.09 bits per heavy atom. The van der Waals surface area contributed by atoms with Crippen LogP contribution in [0.2, 0.25) is 0 Å². The zero-order chi connectivity index (χ0) is 24.4. The van der Waals surface area contributed by atoms with Gasteiger partial charge in [0.05, 0.1) is 36.3 Å². The molecule has 5 rings (SSSR count). The number of carbonyl (C=O) groups is 1. The third kappa shape index (κ3) is 4.18. The summed E-state index contributed by atoms with van der Waals surface area (Å²) in [5.41, 5.74) is 4.92. The Labute approximate surface area is 205 Å². The van der Waals surface area contributed by atoms with Crippen LogP contribution < -0.4 is 10.1 Å². The Bertz CT molecular complexity index is 1320. The van der Waals surface area contributed by atoms with E-state index in [1.807, 2.05) is 65.9 Å². The highest BCUT2D eigenvalue weighted by atomic mass is 16.5. The lowest BCUT2D eigenvalue weighted by Gasteiger charge is -2.31. The van der Waals surface area contributed by atoms with E-state index in [4.69, 9.17) is 9.84 Å². The van der Waals surface area contributed by atoms with E-state index >= 15 is 0 Å². The summed E-state index contributed by atoms with van der Waals surface area (Å²) in [5, 5.41) is 7.99. The predicted octanol–water partition coefficient (Wildman–Crippen LogP) is 5.39. The molecule has 0 bridgehead atoms. The monoisotopic (exact) mass is 469 g/mol. The van der Waals surface area contributed by atoms with Crippen molar-refractivity contribution in [2.45, 2.75) is 39.8 Å². The summed E-state index contributed by atoms with van der Waals surface area (Å²) in [5.74, 6) is 1.76. The van der Waals surface area contributed by atoms with Gasteiger partial charge < -0.3 is 19.5 Å². The second-order valence-electron chi connectivity index (χ2n) is 8.71. The lowest BCUT2D eigenvalue weighted by molar-refractivity contribution is 0.180. The average molecular weight is 470 g/mol. The van der Waals surface area contributed by atoms with Crippen LogP contribution in [0.4, 0.5) is 4.79 Å². The van der Waals surface area contributed by atoms with Crippen LogP contribution in [0.5, 0.6) is 5.75 Å². The van der Waals surface area contributed by atoms with Crippen molar-refractivity contribution < 1.29 is 9.53 Å². The summed E-state index contributed by atoms with van der Waals surface area (Å²) in [6.07, 6.45) is 2.93. The van der Waals surface area contributed by atoms with Gasteiger partial charge in [-0.25, -0.2) is 9.48 Å². The first-order valence-electron chi connectivity index (χ1n) is 12.2. The van der Waals surface area contributed by atoms with Crippen molar-refractivity contribution in [2.75, 3.05) is 13.2 Å². The average Bonchev–Trinajstić information content (AvgIpc) is 3.44. The number of benzene rings is 2. The minimum atomic E-state index is -0.293. The molecule has 1 aliphatic heterocycles. The van der Waals surface area contributed by atoms with Crippen LogP contribution in [0.1, 0.15) is 48.8 Å². The van der Waals surface area contributed by atoms with Crippen LogP contribution in [-0.2, 0) is 6.54 Å². The van der Waals surface area contributed by atoms with Crippen molar-refractivity contribution in [3.05, 3.63) is 95.4 Å². The van der Waals surface area contributed by atoms with Gasteiger partial charge in [-0.3, -0.25) is 0 Å². The molecule has 2 aromatic carbocycles. The third-order valence-electron chi connectivity index (χ3n) is 6.36. The molecule has 3 heterocycles. The van der Waals surface area contributed by atoms with Crippen molar-refractivity contribution in [1.82, 2.24) is 24.6 Å². The smallest absolute Gasteiger partial charge is 0.318 e. The standard InChI is InChI=1S/C28H31N5O2/c1-4-16-29-28(34)32-19-24-20(3)30-33(22-12-7-6-8-13-22)27(24)31-17-10-15-25(31)26(32)21-11-9-14-23(18-21)35-5-2/h6-15,17-18,26H,4-5,16,19H2,1-3H3,(H,29,34). The Kier molecular flexibility index (Phi) is 6.31. The minimum Gasteiger partial charge on any atom is -0.494 e. The summed E-state index contributed by atoms with van der Waals surface area (Å²) in [4.78, 5) is 15.5. The van der Waals surface area contributed by atoms with E-state index in [9.17, 15) is 4.79 Å². The zero-order valence-corrected chi connectivity index (χ0v) is 20.4. The van der Waals surface area contributed by atoms with Crippen LogP contribution in [0.25, 0.3) is 11.5 Å². The number of rotatable bonds is 6. The summed E-state index contributed by atoms with van der Waals surface area (Å²) >= 11 is 0. The number of urea groups is 1. The second kappa shape index (κ2) is 9.70. The lowest BCUT2D eigenvalue weighted by atomic mass is 10.0. The Hall–Kier alpha value is -4.00. The maximum atomic E-state index is 13.6. The molecule has 1 aliphatic rings. The highest BCUT2D eigenvalue weighted by Crippen LogP contribution is 2.39.